The van der Waals surface area contributed by atoms with E-state index >= 15 is 0 Å². The van der Waals surface area contributed by atoms with Gasteiger partial charge >= 0.3 is 0 Å². The van der Waals surface area contributed by atoms with Crippen LogP contribution in [-0.4, -0.2) is 19.7 Å². The van der Waals surface area contributed by atoms with Gasteiger partial charge in [0.2, 0.25) is 0 Å². The Kier molecular flexibility index (Phi) is 4.24. The van der Waals surface area contributed by atoms with Crippen LogP contribution >= 0.6 is 15.9 Å². The van der Waals surface area contributed by atoms with Crippen molar-refractivity contribution in [2.24, 2.45) is 5.92 Å². The van der Waals surface area contributed by atoms with Gasteiger partial charge in [0.25, 0.3) is 0 Å². The fourth-order valence-electron chi connectivity index (χ4n) is 1.58. The lowest BCUT2D eigenvalue weighted by atomic mass is 10.2. The van der Waals surface area contributed by atoms with Gasteiger partial charge in [-0.2, -0.15) is 0 Å². The summed E-state index contributed by atoms with van der Waals surface area (Å²) in [5, 5.41) is 3.41. The predicted molar refractivity (Wildman–Crippen MR) is 70.0 cm³/mol. The van der Waals surface area contributed by atoms with Crippen molar-refractivity contribution >= 4 is 15.9 Å². The van der Waals surface area contributed by atoms with Gasteiger partial charge in [0, 0.05) is 11.0 Å². The first-order valence-electron chi connectivity index (χ1n) is 5.85. The molecule has 1 aromatic carbocycles. The maximum Gasteiger partial charge on any atom is 0.119 e. The number of nitrogens with one attached hydrogen (secondary N) is 1. The Bertz CT molecular complexity index is 350. The Morgan fingerprint density at radius 1 is 1.44 bits per heavy atom. The van der Waals surface area contributed by atoms with Gasteiger partial charge in [-0.1, -0.05) is 15.9 Å². The Hall–Kier alpha value is -0.540. The first-order chi connectivity index (χ1) is 7.75. The van der Waals surface area contributed by atoms with Crippen LogP contribution in [0.2, 0.25) is 0 Å². The lowest BCUT2D eigenvalue weighted by Gasteiger charge is -2.08. The summed E-state index contributed by atoms with van der Waals surface area (Å²) in [6.45, 7) is 4.91. The van der Waals surface area contributed by atoms with Gasteiger partial charge in [-0.25, -0.2) is 0 Å². The molecule has 1 saturated carbocycles. The second kappa shape index (κ2) is 5.69. The van der Waals surface area contributed by atoms with Crippen LogP contribution < -0.4 is 10.1 Å². The minimum absolute atomic E-state index is 0.744. The third-order valence-electron chi connectivity index (χ3n) is 2.81. The van der Waals surface area contributed by atoms with Crippen LogP contribution in [0.15, 0.2) is 22.7 Å². The molecule has 0 bridgehead atoms. The Morgan fingerprint density at radius 3 is 2.94 bits per heavy atom. The van der Waals surface area contributed by atoms with E-state index in [1.54, 1.807) is 0 Å². The zero-order chi connectivity index (χ0) is 11.4. The van der Waals surface area contributed by atoms with Crippen molar-refractivity contribution in [3.8, 4) is 5.75 Å². The highest BCUT2D eigenvalue weighted by atomic mass is 79.9. The molecule has 2 rings (SSSR count). The molecule has 1 fully saturated rings. The highest BCUT2D eigenvalue weighted by Crippen LogP contribution is 2.27. The monoisotopic (exact) mass is 283 g/mol. The van der Waals surface area contributed by atoms with Gasteiger partial charge < -0.3 is 10.1 Å². The summed E-state index contributed by atoms with van der Waals surface area (Å²) in [5.74, 6) is 1.89. The Balaban J connectivity index is 1.65. The van der Waals surface area contributed by atoms with Gasteiger partial charge in [-0.05, 0) is 56.0 Å². The van der Waals surface area contributed by atoms with Crippen molar-refractivity contribution < 1.29 is 4.74 Å². The maximum absolute atomic E-state index is 5.66. The van der Waals surface area contributed by atoms with Crippen molar-refractivity contribution in [2.75, 3.05) is 19.7 Å². The van der Waals surface area contributed by atoms with Crippen molar-refractivity contribution in [3.05, 3.63) is 28.2 Å². The van der Waals surface area contributed by atoms with Gasteiger partial charge in [-0.15, -0.1) is 0 Å². The van der Waals surface area contributed by atoms with Crippen molar-refractivity contribution in [1.82, 2.24) is 5.32 Å². The molecular weight excluding hydrogens is 266 g/mol. The third-order valence-corrected chi connectivity index (χ3v) is 3.70. The number of hydrogen-bond donors (Lipinski definition) is 1. The lowest BCUT2D eigenvalue weighted by molar-refractivity contribution is 0.313. The molecular formula is C13H18BrNO. The van der Waals surface area contributed by atoms with Crippen LogP contribution in [0.1, 0.15) is 18.4 Å². The SMILES string of the molecule is Cc1cc(OCCNCC2CC2)ccc1Br. The maximum atomic E-state index is 5.66. The fraction of sp³-hybridized carbons (Fsp3) is 0.538. The van der Waals surface area contributed by atoms with Crippen molar-refractivity contribution in [1.29, 1.82) is 0 Å². The van der Waals surface area contributed by atoms with E-state index in [-0.39, 0.29) is 0 Å². The van der Waals surface area contributed by atoms with E-state index in [2.05, 4.69) is 34.2 Å². The van der Waals surface area contributed by atoms with Gasteiger partial charge in [-0.3, -0.25) is 0 Å². The quantitative estimate of drug-likeness (QED) is 0.810. The van der Waals surface area contributed by atoms with Gasteiger partial charge in [0.15, 0.2) is 0 Å². The van der Waals surface area contributed by atoms with E-state index in [4.69, 9.17) is 4.74 Å². The molecule has 1 aromatic rings. The van der Waals surface area contributed by atoms with Crippen molar-refractivity contribution in [3.63, 3.8) is 0 Å². The summed E-state index contributed by atoms with van der Waals surface area (Å²) in [6.07, 6.45) is 2.81. The van der Waals surface area contributed by atoms with E-state index < -0.39 is 0 Å². The number of ether oxygens (including phenoxy) is 1. The first kappa shape index (κ1) is 11.9. The molecule has 0 unspecified atom stereocenters. The Morgan fingerprint density at radius 2 is 2.25 bits per heavy atom. The number of rotatable bonds is 6. The lowest BCUT2D eigenvalue weighted by Crippen LogP contribution is -2.23. The van der Waals surface area contributed by atoms with Crippen LogP contribution in [-0.2, 0) is 0 Å². The van der Waals surface area contributed by atoms with Crippen LogP contribution in [0.3, 0.4) is 0 Å². The molecule has 16 heavy (non-hydrogen) atoms. The molecule has 1 aliphatic rings. The third kappa shape index (κ3) is 3.80. The molecule has 1 aliphatic carbocycles. The average Bonchev–Trinajstić information content (AvgIpc) is 3.07. The predicted octanol–water partition coefficient (Wildman–Crippen LogP) is 3.14. The molecule has 1 N–H and O–H groups in total. The van der Waals surface area contributed by atoms with Crippen LogP contribution in [0, 0.1) is 12.8 Å². The topological polar surface area (TPSA) is 21.3 Å². The summed E-state index contributed by atoms with van der Waals surface area (Å²) < 4.78 is 6.79. The van der Waals surface area contributed by atoms with Crippen LogP contribution in [0.5, 0.6) is 5.75 Å². The molecule has 2 nitrogen and oxygen atoms in total. The average molecular weight is 284 g/mol. The minimum atomic E-state index is 0.744. The minimum Gasteiger partial charge on any atom is -0.492 e. The van der Waals surface area contributed by atoms with E-state index in [0.717, 1.165) is 35.8 Å². The molecule has 0 atom stereocenters. The fourth-order valence-corrected chi connectivity index (χ4v) is 1.82. The Labute approximate surface area is 106 Å². The van der Waals surface area contributed by atoms with Gasteiger partial charge in [0.1, 0.15) is 12.4 Å². The standard InChI is InChI=1S/C13H18BrNO/c1-10-8-12(4-5-13(10)14)16-7-6-15-9-11-2-3-11/h4-5,8,11,15H,2-3,6-7,9H2,1H3. The number of aryl methyl sites for hydroxylation is 1. The van der Waals surface area contributed by atoms with E-state index in [9.17, 15) is 0 Å². The summed E-state index contributed by atoms with van der Waals surface area (Å²) >= 11 is 3.48. The molecule has 0 amide bonds. The van der Waals surface area contributed by atoms with E-state index in [0.29, 0.717) is 0 Å². The molecule has 3 heteroatoms. The zero-order valence-electron chi connectivity index (χ0n) is 9.63. The highest BCUT2D eigenvalue weighted by molar-refractivity contribution is 9.10. The normalized spacial score (nSPS) is 15.1. The molecule has 0 aliphatic heterocycles. The second-order valence-electron chi connectivity index (χ2n) is 4.41. The molecule has 0 saturated heterocycles. The molecule has 0 radical (unpaired) electrons. The van der Waals surface area contributed by atoms with Crippen LogP contribution in [0.25, 0.3) is 0 Å². The summed E-state index contributed by atoms with van der Waals surface area (Å²) in [7, 11) is 0. The molecule has 0 aromatic heterocycles. The summed E-state index contributed by atoms with van der Waals surface area (Å²) in [6, 6.07) is 6.09. The number of halogens is 1. The van der Waals surface area contributed by atoms with Crippen molar-refractivity contribution in [2.45, 2.75) is 19.8 Å². The van der Waals surface area contributed by atoms with E-state index in [1.807, 2.05) is 12.1 Å². The molecule has 88 valence electrons. The second-order valence-corrected chi connectivity index (χ2v) is 5.26. The smallest absolute Gasteiger partial charge is 0.119 e. The highest BCUT2D eigenvalue weighted by Gasteiger charge is 2.19. The van der Waals surface area contributed by atoms with Crippen LogP contribution in [0.4, 0.5) is 0 Å². The largest absolute Gasteiger partial charge is 0.492 e. The zero-order valence-corrected chi connectivity index (χ0v) is 11.2. The van der Waals surface area contributed by atoms with E-state index in [1.165, 1.54) is 18.4 Å². The summed E-state index contributed by atoms with van der Waals surface area (Å²) in [5.41, 5.74) is 1.21. The molecule has 0 heterocycles. The number of benzene rings is 1. The molecule has 0 spiro atoms. The van der Waals surface area contributed by atoms with Gasteiger partial charge in [0.05, 0.1) is 0 Å². The first-order valence-corrected chi connectivity index (χ1v) is 6.64. The summed E-state index contributed by atoms with van der Waals surface area (Å²) in [4.78, 5) is 0. The number of hydrogen-bond acceptors (Lipinski definition) is 2.